The number of nitrogens with zero attached hydrogens (tertiary/aromatic N) is 1. The first-order chi connectivity index (χ1) is 11.9. The first-order valence-corrected chi connectivity index (χ1v) is 10.8. The van der Waals surface area contributed by atoms with Gasteiger partial charge in [-0.05, 0) is 62.1 Å². The Labute approximate surface area is 157 Å². The average molecular weight is 379 g/mol. The van der Waals surface area contributed by atoms with E-state index in [2.05, 4.69) is 26.1 Å². The molecule has 5 nitrogen and oxygen atoms in total. The van der Waals surface area contributed by atoms with Crippen LogP contribution in [-0.2, 0) is 10.0 Å². The largest absolute Gasteiger partial charge is 0.350 e. The molecule has 3 rings (SSSR count). The van der Waals surface area contributed by atoms with Crippen molar-refractivity contribution in [1.29, 1.82) is 0 Å². The molecule has 0 aromatic heterocycles. The van der Waals surface area contributed by atoms with Crippen molar-refractivity contribution in [1.82, 2.24) is 9.62 Å². The number of benzene rings is 1. The van der Waals surface area contributed by atoms with Gasteiger partial charge >= 0.3 is 0 Å². The summed E-state index contributed by atoms with van der Waals surface area (Å²) in [5.41, 5.74) is 0.570. The third kappa shape index (κ3) is 3.67. The molecule has 6 heteroatoms. The Morgan fingerprint density at radius 3 is 2.58 bits per heavy atom. The smallest absolute Gasteiger partial charge is 0.251 e. The van der Waals surface area contributed by atoms with Crippen molar-refractivity contribution in [3.63, 3.8) is 0 Å². The van der Waals surface area contributed by atoms with Gasteiger partial charge in [0.05, 0.1) is 4.90 Å². The van der Waals surface area contributed by atoms with E-state index in [1.807, 2.05) is 13.8 Å². The summed E-state index contributed by atoms with van der Waals surface area (Å²) < 4.78 is 28.3. The number of carbonyl (C=O) groups is 1. The van der Waals surface area contributed by atoms with Gasteiger partial charge in [0.25, 0.3) is 5.91 Å². The highest BCUT2D eigenvalue weighted by Gasteiger charge is 2.53. The van der Waals surface area contributed by atoms with Gasteiger partial charge in [0.1, 0.15) is 0 Å². The normalized spacial score (nSPS) is 28.3. The third-order valence-electron chi connectivity index (χ3n) is 5.49. The van der Waals surface area contributed by atoms with Crippen molar-refractivity contribution in [2.45, 2.75) is 70.9 Å². The van der Waals surface area contributed by atoms with Gasteiger partial charge < -0.3 is 5.32 Å². The molecule has 0 spiro atoms. The minimum absolute atomic E-state index is 0.00257. The highest BCUT2D eigenvalue weighted by atomic mass is 32.2. The molecule has 2 aliphatic rings. The molecule has 2 fully saturated rings. The minimum atomic E-state index is -3.61. The monoisotopic (exact) mass is 378 g/mol. The van der Waals surface area contributed by atoms with Crippen LogP contribution >= 0.6 is 0 Å². The summed E-state index contributed by atoms with van der Waals surface area (Å²) in [4.78, 5) is 12.5. The zero-order valence-electron chi connectivity index (χ0n) is 16.4. The number of rotatable bonds is 4. The van der Waals surface area contributed by atoms with Crippen molar-refractivity contribution in [2.75, 3.05) is 6.54 Å². The van der Waals surface area contributed by atoms with Crippen LogP contribution in [0, 0.1) is 10.8 Å². The SMILES string of the molecule is CC(C)NC(=O)c1cccc(S(=O)(=O)N2CC3(C)CC2CC(C)(C)C3)c1. The molecule has 1 saturated carbocycles. The summed E-state index contributed by atoms with van der Waals surface area (Å²) >= 11 is 0. The van der Waals surface area contributed by atoms with Crippen LogP contribution < -0.4 is 5.32 Å². The lowest BCUT2D eigenvalue weighted by Gasteiger charge is -2.39. The lowest BCUT2D eigenvalue weighted by molar-refractivity contribution is 0.0943. The van der Waals surface area contributed by atoms with E-state index in [-0.39, 0.29) is 33.7 Å². The first kappa shape index (κ1) is 19.4. The average Bonchev–Trinajstić information content (AvgIpc) is 2.76. The van der Waals surface area contributed by atoms with Crippen LogP contribution in [0.1, 0.15) is 64.2 Å². The molecule has 1 saturated heterocycles. The van der Waals surface area contributed by atoms with Crippen LogP contribution in [0.5, 0.6) is 0 Å². The van der Waals surface area contributed by atoms with Crippen molar-refractivity contribution >= 4 is 15.9 Å². The predicted octanol–water partition coefficient (Wildman–Crippen LogP) is 3.41. The molecule has 1 aliphatic heterocycles. The van der Waals surface area contributed by atoms with Crippen LogP contribution in [0.4, 0.5) is 0 Å². The van der Waals surface area contributed by atoms with Gasteiger partial charge in [-0.3, -0.25) is 4.79 Å². The maximum absolute atomic E-state index is 13.3. The van der Waals surface area contributed by atoms with Gasteiger partial charge in [-0.2, -0.15) is 4.31 Å². The number of nitrogens with one attached hydrogen (secondary N) is 1. The van der Waals surface area contributed by atoms with Crippen molar-refractivity contribution in [3.8, 4) is 0 Å². The fraction of sp³-hybridized carbons (Fsp3) is 0.650. The van der Waals surface area contributed by atoms with Gasteiger partial charge in [-0.1, -0.05) is 26.8 Å². The second-order valence-corrected chi connectivity index (χ2v) is 11.3. The maximum atomic E-state index is 13.3. The fourth-order valence-corrected chi connectivity index (χ4v) is 6.79. The van der Waals surface area contributed by atoms with Crippen LogP contribution in [0.15, 0.2) is 29.2 Å². The highest BCUT2D eigenvalue weighted by Crippen LogP contribution is 2.53. The second kappa shape index (κ2) is 6.34. The number of hydrogen-bond acceptors (Lipinski definition) is 3. The third-order valence-corrected chi connectivity index (χ3v) is 7.38. The van der Waals surface area contributed by atoms with Crippen molar-refractivity contribution in [3.05, 3.63) is 29.8 Å². The molecule has 26 heavy (non-hydrogen) atoms. The van der Waals surface area contributed by atoms with E-state index in [4.69, 9.17) is 0 Å². The van der Waals surface area contributed by atoms with Gasteiger partial charge in [0, 0.05) is 24.2 Å². The molecule has 1 heterocycles. The molecule has 1 aliphatic carbocycles. The predicted molar refractivity (Wildman–Crippen MR) is 102 cm³/mol. The molecule has 2 unspecified atom stereocenters. The molecule has 144 valence electrons. The van der Waals surface area contributed by atoms with Gasteiger partial charge in [0.2, 0.25) is 10.0 Å². The lowest BCUT2D eigenvalue weighted by Crippen LogP contribution is -2.37. The van der Waals surface area contributed by atoms with Crippen LogP contribution in [0.3, 0.4) is 0 Å². The zero-order valence-corrected chi connectivity index (χ0v) is 17.2. The van der Waals surface area contributed by atoms with Crippen LogP contribution in [-0.4, -0.2) is 37.3 Å². The Kier molecular flexibility index (Phi) is 4.72. The van der Waals surface area contributed by atoms with E-state index in [1.54, 1.807) is 22.5 Å². The topological polar surface area (TPSA) is 66.5 Å². The van der Waals surface area contributed by atoms with E-state index in [0.717, 1.165) is 19.3 Å². The molecule has 1 aromatic carbocycles. The summed E-state index contributed by atoms with van der Waals surface area (Å²) in [5.74, 6) is -0.245. The Balaban J connectivity index is 1.91. The number of sulfonamides is 1. The van der Waals surface area contributed by atoms with Gasteiger partial charge in [-0.25, -0.2) is 8.42 Å². The summed E-state index contributed by atoms with van der Waals surface area (Å²) in [6, 6.07) is 6.45. The minimum Gasteiger partial charge on any atom is -0.350 e. The standard InChI is InChI=1S/C20H30N2O3S/c1-14(2)21-18(23)15-7-6-8-17(9-15)26(24,25)22-13-20(5)11-16(22)10-19(3,4)12-20/h6-9,14,16H,10-13H2,1-5H3,(H,21,23). The summed E-state index contributed by atoms with van der Waals surface area (Å²) in [6.45, 7) is 11.0. The zero-order chi connectivity index (χ0) is 19.3. The number of amides is 1. The van der Waals surface area contributed by atoms with Gasteiger partial charge in [0.15, 0.2) is 0 Å². The molecule has 1 aromatic rings. The summed E-state index contributed by atoms with van der Waals surface area (Å²) in [6.07, 6.45) is 2.85. The molecular formula is C20H30N2O3S. The highest BCUT2D eigenvalue weighted by molar-refractivity contribution is 7.89. The quantitative estimate of drug-likeness (QED) is 0.873. The molecule has 2 bridgehead atoms. The Morgan fingerprint density at radius 1 is 1.23 bits per heavy atom. The van der Waals surface area contributed by atoms with Crippen molar-refractivity contribution < 1.29 is 13.2 Å². The van der Waals surface area contributed by atoms with E-state index in [0.29, 0.717) is 12.1 Å². The second-order valence-electron chi connectivity index (χ2n) is 9.42. The van der Waals surface area contributed by atoms with E-state index in [9.17, 15) is 13.2 Å². The molecular weight excluding hydrogens is 348 g/mol. The summed E-state index contributed by atoms with van der Waals surface area (Å²) in [5, 5.41) is 2.81. The van der Waals surface area contributed by atoms with Gasteiger partial charge in [-0.15, -0.1) is 0 Å². The van der Waals surface area contributed by atoms with Crippen LogP contribution in [0.2, 0.25) is 0 Å². The summed E-state index contributed by atoms with van der Waals surface area (Å²) in [7, 11) is -3.61. The number of carbonyl (C=O) groups excluding carboxylic acids is 1. The molecule has 0 radical (unpaired) electrons. The van der Waals surface area contributed by atoms with Crippen LogP contribution in [0.25, 0.3) is 0 Å². The first-order valence-electron chi connectivity index (χ1n) is 9.35. The number of hydrogen-bond donors (Lipinski definition) is 1. The van der Waals surface area contributed by atoms with Crippen molar-refractivity contribution in [2.24, 2.45) is 10.8 Å². The molecule has 2 atom stereocenters. The Morgan fingerprint density at radius 2 is 1.92 bits per heavy atom. The maximum Gasteiger partial charge on any atom is 0.251 e. The van der Waals surface area contributed by atoms with E-state index in [1.165, 1.54) is 6.07 Å². The van der Waals surface area contributed by atoms with E-state index < -0.39 is 10.0 Å². The molecule has 1 amide bonds. The molecule has 1 N–H and O–H groups in total. The number of fused-ring (bicyclic) bond motifs is 2. The lowest BCUT2D eigenvalue weighted by atomic mass is 9.65. The Bertz CT molecular complexity index is 816. The Hall–Kier alpha value is -1.40. The fourth-order valence-electron chi connectivity index (χ4n) is 4.97. The van der Waals surface area contributed by atoms with E-state index >= 15 is 0 Å².